The summed E-state index contributed by atoms with van der Waals surface area (Å²) in [5.74, 6) is -4.45. The van der Waals surface area contributed by atoms with Gasteiger partial charge in [0, 0.05) is 11.5 Å². The molecule has 2 aliphatic heterocycles. The number of halogens is 1. The number of benzene rings is 3. The second-order valence-corrected chi connectivity index (χ2v) is 15.2. The standard InChI is InChI=1S/C38H38BrN3O6/c1-20-11-13-23(14-12-20)40-42-34(45)27-19-26-24(15-16-25-30(26)35(46)41(33(25)44)37(2,3)4)31(21-17-28(39)32(43)29(18-21)48-5)38(27,36(42)47)22-9-7-6-8-10-22/h6-15,17-18,25-27,30-31,40,43H,16,19H2,1-5H3/t25-,26+,27-,30-,31-,38+/m0/s1. The summed E-state index contributed by atoms with van der Waals surface area (Å²) >= 11 is 3.49. The van der Waals surface area contributed by atoms with E-state index in [9.17, 15) is 19.5 Å². The van der Waals surface area contributed by atoms with E-state index >= 15 is 4.79 Å². The van der Waals surface area contributed by atoms with E-state index in [1.807, 2.05) is 88.4 Å². The van der Waals surface area contributed by atoms with Crippen LogP contribution in [0.5, 0.6) is 11.5 Å². The average molecular weight is 713 g/mol. The fourth-order valence-corrected chi connectivity index (χ4v) is 9.16. The molecule has 0 bridgehead atoms. The third kappa shape index (κ3) is 4.55. The van der Waals surface area contributed by atoms with Crippen molar-refractivity contribution in [2.45, 2.75) is 57.4 Å². The minimum absolute atomic E-state index is 0.0921. The number of carbonyl (C=O) groups excluding carboxylic acids is 4. The molecule has 10 heteroatoms. The highest BCUT2D eigenvalue weighted by Gasteiger charge is 2.70. The predicted molar refractivity (Wildman–Crippen MR) is 183 cm³/mol. The quantitative estimate of drug-likeness (QED) is 0.237. The van der Waals surface area contributed by atoms with Gasteiger partial charge in [-0.1, -0.05) is 59.7 Å². The van der Waals surface area contributed by atoms with E-state index < -0.39 is 52.4 Å². The smallest absolute Gasteiger partial charge is 0.260 e. The number of amides is 4. The molecule has 0 radical (unpaired) electrons. The Morgan fingerprint density at radius 2 is 1.62 bits per heavy atom. The van der Waals surface area contributed by atoms with E-state index in [2.05, 4.69) is 21.4 Å². The molecule has 9 nitrogen and oxygen atoms in total. The van der Waals surface area contributed by atoms with Gasteiger partial charge in [0.15, 0.2) is 11.5 Å². The van der Waals surface area contributed by atoms with Gasteiger partial charge in [-0.3, -0.25) is 29.5 Å². The summed E-state index contributed by atoms with van der Waals surface area (Å²) in [5, 5.41) is 12.0. The van der Waals surface area contributed by atoms with Crippen molar-refractivity contribution in [3.8, 4) is 11.5 Å². The molecule has 0 spiro atoms. The lowest BCUT2D eigenvalue weighted by molar-refractivity contribution is -0.146. The number of anilines is 1. The number of nitrogens with one attached hydrogen (secondary N) is 1. The summed E-state index contributed by atoms with van der Waals surface area (Å²) in [7, 11) is 1.45. The minimum Gasteiger partial charge on any atom is -0.503 e. The van der Waals surface area contributed by atoms with E-state index in [0.29, 0.717) is 27.7 Å². The second-order valence-electron chi connectivity index (χ2n) is 14.3. The number of hydrazine groups is 1. The first-order chi connectivity index (χ1) is 22.8. The normalized spacial score (nSPS) is 28.2. The van der Waals surface area contributed by atoms with Gasteiger partial charge >= 0.3 is 0 Å². The Kier molecular flexibility index (Phi) is 7.58. The minimum atomic E-state index is -1.41. The van der Waals surface area contributed by atoms with Crippen LogP contribution in [0, 0.1) is 30.6 Å². The number of likely N-dealkylation sites (tertiary alicyclic amines) is 1. The topological polar surface area (TPSA) is 116 Å². The number of aryl methyl sites for hydroxylation is 1. The Balaban J connectivity index is 1.48. The van der Waals surface area contributed by atoms with E-state index in [-0.39, 0.29) is 29.7 Å². The number of imide groups is 2. The maximum atomic E-state index is 15.2. The monoisotopic (exact) mass is 711 g/mol. The highest BCUT2D eigenvalue weighted by molar-refractivity contribution is 9.10. The SMILES string of the molecule is COc1cc([C@H]2C3=CC[C@@H]4C(=O)N(C(C)(C)C)C(=O)[C@@H]4[C@@H]3C[C@H]3C(=O)N(Nc4ccc(C)cc4)C(=O)[C@@]23c2ccccc2)cc(Br)c1O. The molecule has 2 heterocycles. The molecule has 2 aliphatic carbocycles. The Morgan fingerprint density at radius 1 is 0.938 bits per heavy atom. The lowest BCUT2D eigenvalue weighted by Gasteiger charge is -2.50. The summed E-state index contributed by atoms with van der Waals surface area (Å²) < 4.78 is 5.94. The molecule has 3 aromatic rings. The van der Waals surface area contributed by atoms with Crippen molar-refractivity contribution in [1.29, 1.82) is 0 Å². The van der Waals surface area contributed by atoms with E-state index in [0.717, 1.165) is 16.1 Å². The number of carbonyl (C=O) groups is 4. The number of methoxy groups -OCH3 is 1. The van der Waals surface area contributed by atoms with Crippen LogP contribution in [0.2, 0.25) is 0 Å². The summed E-state index contributed by atoms with van der Waals surface area (Å²) in [6.45, 7) is 7.52. The van der Waals surface area contributed by atoms with Crippen molar-refractivity contribution in [2.75, 3.05) is 12.5 Å². The summed E-state index contributed by atoms with van der Waals surface area (Å²) in [5.41, 5.74) is 4.76. The Hall–Kier alpha value is -4.44. The van der Waals surface area contributed by atoms with Gasteiger partial charge in [0.25, 0.3) is 11.8 Å². The fourth-order valence-electron chi connectivity index (χ4n) is 8.70. The molecule has 7 rings (SSSR count). The number of nitrogens with zero attached hydrogens (tertiary/aromatic N) is 2. The second kappa shape index (κ2) is 11.3. The number of hydrogen-bond acceptors (Lipinski definition) is 7. The summed E-state index contributed by atoms with van der Waals surface area (Å²) in [6, 6.07) is 20.3. The zero-order valence-electron chi connectivity index (χ0n) is 27.5. The lowest BCUT2D eigenvalue weighted by atomic mass is 9.49. The molecule has 0 unspecified atom stereocenters. The number of fused-ring (bicyclic) bond motifs is 4. The zero-order valence-corrected chi connectivity index (χ0v) is 29.1. The van der Waals surface area contributed by atoms with Gasteiger partial charge in [0.2, 0.25) is 11.8 Å². The van der Waals surface area contributed by atoms with Gasteiger partial charge in [-0.25, -0.2) is 0 Å². The summed E-state index contributed by atoms with van der Waals surface area (Å²) in [6.07, 6.45) is 2.57. The Bertz CT molecular complexity index is 1880. The molecule has 4 amide bonds. The number of hydrogen-bond donors (Lipinski definition) is 2. The van der Waals surface area contributed by atoms with Crippen LogP contribution in [0.3, 0.4) is 0 Å². The molecule has 3 fully saturated rings. The van der Waals surface area contributed by atoms with Crippen molar-refractivity contribution in [1.82, 2.24) is 9.91 Å². The molecular weight excluding hydrogens is 674 g/mol. The fraction of sp³-hybridized carbons (Fsp3) is 0.368. The first kappa shape index (κ1) is 32.1. The highest BCUT2D eigenvalue weighted by Crippen LogP contribution is 2.64. The number of phenolic OH excluding ortho intramolecular Hbond substituents is 1. The number of aromatic hydroxyl groups is 1. The maximum Gasteiger partial charge on any atom is 0.260 e. The third-order valence-corrected chi connectivity index (χ3v) is 11.3. The van der Waals surface area contributed by atoms with Crippen molar-refractivity contribution >= 4 is 45.2 Å². The number of rotatable bonds is 5. The summed E-state index contributed by atoms with van der Waals surface area (Å²) in [4.78, 5) is 59.4. The molecule has 48 heavy (non-hydrogen) atoms. The lowest BCUT2D eigenvalue weighted by Crippen LogP contribution is -2.53. The van der Waals surface area contributed by atoms with Gasteiger partial charge in [-0.15, -0.1) is 0 Å². The van der Waals surface area contributed by atoms with Crippen LogP contribution in [0.1, 0.15) is 56.2 Å². The maximum absolute atomic E-state index is 15.2. The molecule has 6 atom stereocenters. The molecule has 4 aliphatic rings. The Labute approximate surface area is 288 Å². The first-order valence-electron chi connectivity index (χ1n) is 16.2. The van der Waals surface area contributed by atoms with Crippen LogP contribution in [0.4, 0.5) is 5.69 Å². The van der Waals surface area contributed by atoms with Gasteiger partial charge in [-0.05, 0) is 97.8 Å². The Morgan fingerprint density at radius 3 is 2.27 bits per heavy atom. The molecule has 1 saturated carbocycles. The van der Waals surface area contributed by atoms with Crippen molar-refractivity contribution < 1.29 is 29.0 Å². The zero-order chi connectivity index (χ0) is 34.3. The molecule has 248 valence electrons. The average Bonchev–Trinajstić information content (AvgIpc) is 3.45. The van der Waals surface area contributed by atoms with Gasteiger partial charge in [0.05, 0.1) is 40.4 Å². The molecule has 3 aromatic carbocycles. The number of phenols is 1. The van der Waals surface area contributed by atoms with E-state index in [1.165, 1.54) is 12.0 Å². The van der Waals surface area contributed by atoms with Crippen LogP contribution in [-0.4, -0.2) is 51.3 Å². The first-order valence-corrected chi connectivity index (χ1v) is 17.0. The molecule has 0 aromatic heterocycles. The largest absolute Gasteiger partial charge is 0.503 e. The number of ether oxygens (including phenoxy) is 1. The molecular formula is C38H38BrN3O6. The van der Waals surface area contributed by atoms with Crippen LogP contribution in [0.15, 0.2) is 82.9 Å². The van der Waals surface area contributed by atoms with Gasteiger partial charge in [-0.2, -0.15) is 5.01 Å². The van der Waals surface area contributed by atoms with Gasteiger partial charge in [0.1, 0.15) is 0 Å². The van der Waals surface area contributed by atoms with Crippen molar-refractivity contribution in [3.63, 3.8) is 0 Å². The van der Waals surface area contributed by atoms with Gasteiger partial charge < -0.3 is 9.84 Å². The van der Waals surface area contributed by atoms with Crippen LogP contribution in [0.25, 0.3) is 0 Å². The third-order valence-electron chi connectivity index (χ3n) is 10.7. The molecule has 2 N–H and O–H groups in total. The molecule has 2 saturated heterocycles. The highest BCUT2D eigenvalue weighted by atomic mass is 79.9. The van der Waals surface area contributed by atoms with Crippen LogP contribution < -0.4 is 10.2 Å². The van der Waals surface area contributed by atoms with Crippen molar-refractivity contribution in [2.24, 2.45) is 23.7 Å². The van der Waals surface area contributed by atoms with E-state index in [1.54, 1.807) is 12.1 Å². The van der Waals surface area contributed by atoms with E-state index in [4.69, 9.17) is 4.74 Å². The predicted octanol–water partition coefficient (Wildman–Crippen LogP) is 6.26. The van der Waals surface area contributed by atoms with Crippen LogP contribution >= 0.6 is 15.9 Å². The van der Waals surface area contributed by atoms with Crippen molar-refractivity contribution in [3.05, 3.63) is 99.5 Å². The number of allylic oxidation sites excluding steroid dienone is 2. The van der Waals surface area contributed by atoms with Crippen LogP contribution in [-0.2, 0) is 24.6 Å².